The summed E-state index contributed by atoms with van der Waals surface area (Å²) in [6.45, 7) is 2.19. The smallest absolute Gasteiger partial charge is 0.258 e. The fourth-order valence-corrected chi connectivity index (χ4v) is 2.69. The average molecular weight is 294 g/mol. The van der Waals surface area contributed by atoms with Gasteiger partial charge in [-0.3, -0.25) is 0 Å². The van der Waals surface area contributed by atoms with E-state index >= 15 is 0 Å². The molecule has 106 valence electrons. The molecular weight excluding hydrogens is 278 g/mol. The third kappa shape index (κ3) is 2.87. The summed E-state index contributed by atoms with van der Waals surface area (Å²) in [6, 6.07) is 0. The number of nitrogens with zero attached hydrogens (tertiary/aromatic N) is 6. The Kier molecular flexibility index (Phi) is 3.52. The molecule has 20 heavy (non-hydrogen) atoms. The highest BCUT2D eigenvalue weighted by molar-refractivity contribution is 6.28. The highest BCUT2D eigenvalue weighted by atomic mass is 35.5. The Morgan fingerprint density at radius 2 is 2.00 bits per heavy atom. The van der Waals surface area contributed by atoms with Gasteiger partial charge >= 0.3 is 0 Å². The molecular formula is C12H16ClN7. The number of hydrogen-bond donors (Lipinski definition) is 1. The third-order valence-electron chi connectivity index (χ3n) is 3.59. The van der Waals surface area contributed by atoms with Crippen molar-refractivity contribution < 1.29 is 0 Å². The Morgan fingerprint density at radius 1 is 1.20 bits per heavy atom. The van der Waals surface area contributed by atoms with Crippen LogP contribution in [0.5, 0.6) is 0 Å². The minimum absolute atomic E-state index is 0.0164. The van der Waals surface area contributed by atoms with Crippen LogP contribution in [0, 0.1) is 0 Å². The molecule has 1 fully saturated rings. The SMILES string of the molecule is CC1(Nc2nc(Cl)nc(-n3cncn3)n2)CCCCC1. The van der Waals surface area contributed by atoms with Crippen LogP contribution >= 0.6 is 11.6 Å². The summed E-state index contributed by atoms with van der Waals surface area (Å²) >= 11 is 5.97. The first-order chi connectivity index (χ1) is 9.65. The first kappa shape index (κ1) is 13.2. The van der Waals surface area contributed by atoms with Crippen LogP contribution < -0.4 is 5.32 Å². The highest BCUT2D eigenvalue weighted by Gasteiger charge is 2.27. The van der Waals surface area contributed by atoms with Crippen LogP contribution in [-0.4, -0.2) is 35.3 Å². The Hall–Kier alpha value is -1.76. The fraction of sp³-hybridized carbons (Fsp3) is 0.583. The fourth-order valence-electron chi connectivity index (χ4n) is 2.54. The van der Waals surface area contributed by atoms with E-state index in [1.165, 1.54) is 36.6 Å². The second-order valence-electron chi connectivity index (χ2n) is 5.31. The standard InChI is InChI=1S/C12H16ClN7/c1-12(5-3-2-4-6-12)19-10-16-9(13)17-11(18-10)20-8-14-7-15-20/h7-8H,2-6H2,1H3,(H,16,17,18,19). The summed E-state index contributed by atoms with van der Waals surface area (Å²) in [6.07, 6.45) is 8.89. The van der Waals surface area contributed by atoms with Gasteiger partial charge in [0.1, 0.15) is 12.7 Å². The minimum atomic E-state index is 0.0164. The molecule has 2 aromatic rings. The van der Waals surface area contributed by atoms with Crippen LogP contribution in [0.4, 0.5) is 5.95 Å². The van der Waals surface area contributed by atoms with Gasteiger partial charge in [0.2, 0.25) is 11.2 Å². The molecule has 8 heteroatoms. The maximum Gasteiger partial charge on any atom is 0.258 e. The van der Waals surface area contributed by atoms with Gasteiger partial charge in [-0.25, -0.2) is 4.98 Å². The lowest BCUT2D eigenvalue weighted by molar-refractivity contribution is 0.347. The van der Waals surface area contributed by atoms with E-state index in [1.807, 2.05) is 0 Å². The van der Waals surface area contributed by atoms with Gasteiger partial charge in [-0.1, -0.05) is 19.3 Å². The zero-order valence-electron chi connectivity index (χ0n) is 11.3. The van der Waals surface area contributed by atoms with E-state index in [0.717, 1.165) is 12.8 Å². The van der Waals surface area contributed by atoms with Gasteiger partial charge in [-0.05, 0) is 31.4 Å². The van der Waals surface area contributed by atoms with Crippen LogP contribution in [0.25, 0.3) is 5.95 Å². The van der Waals surface area contributed by atoms with E-state index in [2.05, 4.69) is 37.3 Å². The molecule has 0 bridgehead atoms. The summed E-state index contributed by atoms with van der Waals surface area (Å²) < 4.78 is 1.46. The molecule has 2 heterocycles. The highest BCUT2D eigenvalue weighted by Crippen LogP contribution is 2.30. The molecule has 7 nitrogen and oxygen atoms in total. The van der Waals surface area contributed by atoms with Gasteiger partial charge in [0.05, 0.1) is 0 Å². The number of halogens is 1. The Morgan fingerprint density at radius 3 is 2.70 bits per heavy atom. The maximum atomic E-state index is 5.97. The zero-order valence-corrected chi connectivity index (χ0v) is 12.0. The average Bonchev–Trinajstić information content (AvgIpc) is 2.92. The summed E-state index contributed by atoms with van der Waals surface area (Å²) in [7, 11) is 0. The molecule has 1 N–H and O–H groups in total. The van der Waals surface area contributed by atoms with Crippen molar-refractivity contribution in [3.8, 4) is 5.95 Å². The molecule has 0 spiro atoms. The van der Waals surface area contributed by atoms with Crippen molar-refractivity contribution in [2.75, 3.05) is 5.32 Å². The lowest BCUT2D eigenvalue weighted by Gasteiger charge is -2.34. The Balaban J connectivity index is 1.86. The summed E-state index contributed by atoms with van der Waals surface area (Å²) in [5.74, 6) is 0.851. The van der Waals surface area contributed by atoms with Crippen LogP contribution in [0.1, 0.15) is 39.0 Å². The van der Waals surface area contributed by atoms with Crippen molar-refractivity contribution >= 4 is 17.5 Å². The second kappa shape index (κ2) is 5.32. The van der Waals surface area contributed by atoms with Crippen LogP contribution in [0.15, 0.2) is 12.7 Å². The summed E-state index contributed by atoms with van der Waals surface area (Å²) in [5.41, 5.74) is 0.0164. The van der Waals surface area contributed by atoms with E-state index in [9.17, 15) is 0 Å². The lowest BCUT2D eigenvalue weighted by Crippen LogP contribution is -2.37. The van der Waals surface area contributed by atoms with Crippen molar-refractivity contribution in [1.29, 1.82) is 0 Å². The van der Waals surface area contributed by atoms with E-state index in [0.29, 0.717) is 11.9 Å². The van der Waals surface area contributed by atoms with E-state index in [-0.39, 0.29) is 10.8 Å². The summed E-state index contributed by atoms with van der Waals surface area (Å²) in [4.78, 5) is 16.4. The van der Waals surface area contributed by atoms with Crippen molar-refractivity contribution in [1.82, 2.24) is 29.7 Å². The van der Waals surface area contributed by atoms with Gasteiger partial charge < -0.3 is 5.32 Å². The van der Waals surface area contributed by atoms with E-state index in [1.54, 1.807) is 0 Å². The van der Waals surface area contributed by atoms with Crippen molar-refractivity contribution in [2.45, 2.75) is 44.6 Å². The molecule has 0 atom stereocenters. The van der Waals surface area contributed by atoms with Crippen LogP contribution in [0.2, 0.25) is 5.28 Å². The molecule has 0 amide bonds. The second-order valence-corrected chi connectivity index (χ2v) is 5.65. The molecule has 1 saturated carbocycles. The predicted molar refractivity (Wildman–Crippen MR) is 74.9 cm³/mol. The van der Waals surface area contributed by atoms with Crippen molar-refractivity contribution in [3.05, 3.63) is 17.9 Å². The summed E-state index contributed by atoms with van der Waals surface area (Å²) in [5, 5.41) is 7.54. The molecule has 0 aromatic carbocycles. The Bertz CT molecular complexity index is 577. The monoisotopic (exact) mass is 293 g/mol. The molecule has 1 aliphatic carbocycles. The molecule has 3 rings (SSSR count). The lowest BCUT2D eigenvalue weighted by atomic mass is 9.83. The van der Waals surface area contributed by atoms with Crippen molar-refractivity contribution in [3.63, 3.8) is 0 Å². The first-order valence-electron chi connectivity index (χ1n) is 6.69. The zero-order chi connectivity index (χ0) is 14.0. The van der Waals surface area contributed by atoms with Crippen LogP contribution in [0.3, 0.4) is 0 Å². The number of anilines is 1. The van der Waals surface area contributed by atoms with E-state index < -0.39 is 0 Å². The molecule has 0 saturated heterocycles. The molecule has 0 unspecified atom stereocenters. The minimum Gasteiger partial charge on any atom is -0.349 e. The van der Waals surface area contributed by atoms with Gasteiger partial charge in [0.25, 0.3) is 5.95 Å². The Labute approximate surface area is 121 Å². The van der Waals surface area contributed by atoms with Gasteiger partial charge in [-0.15, -0.1) is 0 Å². The molecule has 1 aliphatic rings. The van der Waals surface area contributed by atoms with Gasteiger partial charge in [0.15, 0.2) is 0 Å². The first-order valence-corrected chi connectivity index (χ1v) is 7.07. The number of aromatic nitrogens is 6. The molecule has 0 radical (unpaired) electrons. The third-order valence-corrected chi connectivity index (χ3v) is 3.76. The van der Waals surface area contributed by atoms with Gasteiger partial charge in [0, 0.05) is 5.54 Å². The quantitative estimate of drug-likeness (QED) is 0.934. The topological polar surface area (TPSA) is 81.4 Å². The maximum absolute atomic E-state index is 5.97. The number of hydrogen-bond acceptors (Lipinski definition) is 6. The normalized spacial score (nSPS) is 17.9. The number of rotatable bonds is 3. The number of nitrogens with one attached hydrogen (secondary N) is 1. The van der Waals surface area contributed by atoms with Crippen LogP contribution in [-0.2, 0) is 0 Å². The molecule has 2 aromatic heterocycles. The van der Waals surface area contributed by atoms with Gasteiger partial charge in [-0.2, -0.15) is 24.7 Å². The van der Waals surface area contributed by atoms with Crippen molar-refractivity contribution in [2.24, 2.45) is 0 Å². The predicted octanol–water partition coefficient (Wildman–Crippen LogP) is 2.24. The largest absolute Gasteiger partial charge is 0.349 e. The molecule has 0 aliphatic heterocycles. The van der Waals surface area contributed by atoms with E-state index in [4.69, 9.17) is 11.6 Å².